The number of rotatable bonds is 26. The molecule has 2 saturated heterocycles. The number of aliphatic imine (C=N–C) groups is 1. The highest BCUT2D eigenvalue weighted by Gasteiger charge is 2.34. The number of hydrogen-bond donors (Lipinski definition) is 12. The predicted octanol–water partition coefficient (Wildman–Crippen LogP) is 13.0. The van der Waals surface area contributed by atoms with Crippen molar-refractivity contribution in [1.29, 1.82) is 0 Å². The number of nitrogens with one attached hydrogen (secondary N) is 12. The van der Waals surface area contributed by atoms with Crippen LogP contribution < -0.4 is 25.5 Å². The number of hydrazone groups is 1. The summed E-state index contributed by atoms with van der Waals surface area (Å²) < 4.78 is 61.1. The number of hydrogen-bond acceptors (Lipinski definition) is 23. The number of pyridine rings is 2. The number of aromatic amines is 7. The molecular formula is C90H118N28O6S2. The molecule has 0 bridgehead atoms. The zero-order chi connectivity index (χ0) is 88.5. The van der Waals surface area contributed by atoms with E-state index in [1.54, 1.807) is 12.3 Å². The van der Waals surface area contributed by atoms with Crippen molar-refractivity contribution in [3.8, 4) is 33.6 Å². The van der Waals surface area contributed by atoms with Crippen molar-refractivity contribution in [3.63, 3.8) is 0 Å². The van der Waals surface area contributed by atoms with Crippen LogP contribution in [0.4, 0.5) is 23.1 Å². The molecule has 12 N–H and O–H groups in total. The summed E-state index contributed by atoms with van der Waals surface area (Å²) in [5.74, 6) is 2.12. The standard InChI is InChI=1S/C26H37N7O.C25H34N8O.C20H23N7O2S.C19H24N6O2S/c1-19-22(18-28-30-19)26(20-7-4-3-5-8-20)29-24-15-21-17-27-31-23(21)16-25(24)34-14-6-9-33-12-10-32(2)11-13-33;1-5-7-8-18-13-22(19-15-27-29-17(19)3)26-14-20(18)24-21(6-2)30-31-25(24)28-23(34)16-33-11-9-32(4)10-12-33;1-11-14(10-21-23-11)19-13-7-5-4-6-12(13)17-15(22-19)8-9-16-18(17)20(25-24-16)26-30(28,29)27(2)3;1-5-6-12-10(2)16-14(21-18(12)13-9-20-22-11(13)3)7-8-15-17(16)19(24-23-15)25-28(4,26)27/h7,15-18,21,23,31H,3-6,8-14H2,1-2H3,(H,28,30);6,13-15H,2,5,7-12,16H2,1,3-4H3,(H,27,29)(H2,28,30,31,34);8-10H,4-7H2,1-3H3,(H,21,23)(H2,24,25,26);7-9,18,21H,5-6H2,1-4H3,(H,20,22)(H2,23,24,25). The molecule has 11 aromatic rings. The number of aryl methyl sites for hydroxylation is 6. The molecule has 7 aliphatic rings. The number of carbonyl (C=O) groups excluding carboxylic acids is 1. The molecule has 2 aromatic carbocycles. The van der Waals surface area contributed by atoms with Gasteiger partial charge in [0, 0.05) is 159 Å². The summed E-state index contributed by atoms with van der Waals surface area (Å²) in [7, 11) is 0.146. The quantitative estimate of drug-likeness (QED) is 0.0177. The molecule has 0 radical (unpaired) electrons. The fourth-order valence-electron chi connectivity index (χ4n) is 17.6. The van der Waals surface area contributed by atoms with Crippen molar-refractivity contribution < 1.29 is 26.4 Å². The number of H-pyrrole nitrogens is 7. The van der Waals surface area contributed by atoms with Crippen molar-refractivity contribution >= 4 is 106 Å². The minimum atomic E-state index is -3.68. The monoisotopic (exact) mass is 1750 g/mol. The first-order valence-corrected chi connectivity index (χ1v) is 47.1. The van der Waals surface area contributed by atoms with E-state index in [1.165, 1.54) is 49.2 Å². The van der Waals surface area contributed by atoms with Crippen molar-refractivity contribution in [3.05, 3.63) is 171 Å². The zero-order valence-electron chi connectivity index (χ0n) is 74.2. The summed E-state index contributed by atoms with van der Waals surface area (Å²) in [6.07, 6.45) is 35.4. The maximum atomic E-state index is 12.9. The Morgan fingerprint density at radius 1 is 0.675 bits per heavy atom. The van der Waals surface area contributed by atoms with Crippen LogP contribution >= 0.6 is 0 Å². The Labute approximate surface area is 735 Å². The van der Waals surface area contributed by atoms with Gasteiger partial charge in [-0.3, -0.25) is 59.8 Å². The molecule has 13 heterocycles. The maximum absolute atomic E-state index is 12.9. The summed E-state index contributed by atoms with van der Waals surface area (Å²) >= 11 is 0. The average Bonchev–Trinajstić information content (AvgIpc) is 1.41. The number of sulfonamides is 1. The molecule has 3 unspecified atom stereocenters. The summed E-state index contributed by atoms with van der Waals surface area (Å²) in [6.45, 7) is 28.8. The molecule has 2 fully saturated rings. The smallest absolute Gasteiger partial charge is 0.302 e. The second-order valence-electron chi connectivity index (χ2n) is 33.9. The Morgan fingerprint density at radius 3 is 2.00 bits per heavy atom. The number of aromatic nitrogens is 16. The molecule has 3 aliphatic carbocycles. The first kappa shape index (κ1) is 89.0. The number of likely N-dealkylation sites (N-methyl/N-ethyl adjacent to an activating group) is 2. The first-order chi connectivity index (χ1) is 60.8. The van der Waals surface area contributed by atoms with Crippen LogP contribution in [0.15, 0.2) is 119 Å². The van der Waals surface area contributed by atoms with Gasteiger partial charge in [-0.25, -0.2) is 18.4 Å². The largest absolute Gasteiger partial charge is 0.492 e. The van der Waals surface area contributed by atoms with Crippen molar-refractivity contribution in [1.82, 2.24) is 111 Å². The van der Waals surface area contributed by atoms with E-state index >= 15 is 0 Å². The number of fused-ring (bicyclic) bond motifs is 9. The lowest BCUT2D eigenvalue weighted by molar-refractivity contribution is -0.117. The SMILES string of the molecule is C=Cc1[nH]nc(NC(=O)CN2CCN(C)CC2)c1-c1cnc(-c2cn[nH]c2C)cc1CCCC.CCCC1=C(C)c2c(ccc3[nH]nc(NS(C)(=O)=O)c23)NC1c1cn[nH]c1C.Cc1[nH]ncc1-c1nc2ccc3[nH]nc(NS(=O)(=O)N(C)C)c3c2c2c1CCCC2.Cc1[nH]ncc1C(=NC1=CC2C=NNC2C=C1OCCCN1CCN(C)CC1)C1=CCCCC1. The molecule has 126 heavy (non-hydrogen) atoms. The highest BCUT2D eigenvalue weighted by atomic mass is 32.2. The van der Waals surface area contributed by atoms with Crippen molar-refractivity contribution in [2.45, 2.75) is 150 Å². The van der Waals surface area contributed by atoms with Crippen LogP contribution in [-0.2, 0) is 49.0 Å². The lowest BCUT2D eigenvalue weighted by atomic mass is 9.84. The predicted molar refractivity (Wildman–Crippen MR) is 500 cm³/mol. The van der Waals surface area contributed by atoms with Gasteiger partial charge in [-0.15, -0.1) is 0 Å². The number of benzene rings is 2. The molecule has 9 aromatic heterocycles. The molecule has 1 amide bonds. The lowest BCUT2D eigenvalue weighted by Crippen LogP contribution is -2.47. The fourth-order valence-corrected chi connectivity index (χ4v) is 18.6. The van der Waals surface area contributed by atoms with E-state index in [0.717, 1.165) is 292 Å². The summed E-state index contributed by atoms with van der Waals surface area (Å²) in [4.78, 5) is 37.2. The normalized spacial score (nSPS) is 18.2. The van der Waals surface area contributed by atoms with Crippen LogP contribution in [0, 0.1) is 33.6 Å². The Kier molecular flexibility index (Phi) is 27.8. The highest BCUT2D eigenvalue weighted by molar-refractivity contribution is 7.92. The number of amides is 1. The van der Waals surface area contributed by atoms with Crippen LogP contribution in [-0.4, -0.2) is 252 Å². The number of unbranched alkanes of at least 4 members (excludes halogenated alkanes) is 1. The van der Waals surface area contributed by atoms with Gasteiger partial charge in [0.05, 0.1) is 112 Å². The van der Waals surface area contributed by atoms with E-state index < -0.39 is 20.2 Å². The summed E-state index contributed by atoms with van der Waals surface area (Å²) in [5, 5.41) is 64.2. The number of anilines is 4. The van der Waals surface area contributed by atoms with Gasteiger partial charge >= 0.3 is 10.2 Å². The van der Waals surface area contributed by atoms with E-state index in [1.807, 2.05) is 76.0 Å². The van der Waals surface area contributed by atoms with Gasteiger partial charge in [0.1, 0.15) is 11.5 Å². The van der Waals surface area contributed by atoms with Gasteiger partial charge in [0.2, 0.25) is 15.9 Å². The molecule has 36 heteroatoms. The lowest BCUT2D eigenvalue weighted by Gasteiger charge is -2.32. The van der Waals surface area contributed by atoms with Crippen LogP contribution in [0.3, 0.4) is 0 Å². The average molecular weight is 1750 g/mol. The molecule has 4 aliphatic heterocycles. The first-order valence-electron chi connectivity index (χ1n) is 43.8. The third kappa shape index (κ3) is 20.0. The molecule has 0 spiro atoms. The second-order valence-corrected chi connectivity index (χ2v) is 37.5. The zero-order valence-corrected chi connectivity index (χ0v) is 75.8. The molecule has 34 nitrogen and oxygen atoms in total. The Morgan fingerprint density at radius 2 is 1.34 bits per heavy atom. The number of piperazine rings is 2. The van der Waals surface area contributed by atoms with E-state index in [2.05, 4.69) is 194 Å². The molecule has 0 saturated carbocycles. The van der Waals surface area contributed by atoms with E-state index in [4.69, 9.17) is 19.7 Å². The topological polar surface area (TPSA) is 422 Å². The maximum Gasteiger partial charge on any atom is 0.302 e. The van der Waals surface area contributed by atoms with Gasteiger partial charge in [0.15, 0.2) is 17.5 Å². The van der Waals surface area contributed by atoms with Gasteiger partial charge < -0.3 is 35.5 Å². The summed E-state index contributed by atoms with van der Waals surface area (Å²) in [6, 6.07) is 10.1. The molecule has 666 valence electrons. The van der Waals surface area contributed by atoms with Gasteiger partial charge in [-0.1, -0.05) is 39.3 Å². The molecule has 18 rings (SSSR count). The number of allylic oxidation sites excluding steroid dienone is 3. The number of ether oxygens (including phenoxy) is 1. The molecule has 3 atom stereocenters. The van der Waals surface area contributed by atoms with Crippen LogP contribution in [0.5, 0.6) is 0 Å². The minimum Gasteiger partial charge on any atom is -0.492 e. The van der Waals surface area contributed by atoms with Crippen molar-refractivity contribution in [2.24, 2.45) is 16.0 Å². The highest BCUT2D eigenvalue weighted by Crippen LogP contribution is 2.48. The van der Waals surface area contributed by atoms with E-state index in [0.29, 0.717) is 30.6 Å². The minimum absolute atomic E-state index is 0.0295. The van der Waals surface area contributed by atoms with Gasteiger partial charge in [0.25, 0.3) is 0 Å². The third-order valence-corrected chi connectivity index (χ3v) is 26.6. The Balaban J connectivity index is 0.000000130. The van der Waals surface area contributed by atoms with Crippen LogP contribution in [0.25, 0.3) is 78.0 Å². The van der Waals surface area contributed by atoms with Crippen LogP contribution in [0.1, 0.15) is 159 Å². The summed E-state index contributed by atoms with van der Waals surface area (Å²) in [5.41, 5.74) is 29.4. The molecular weight excluding hydrogens is 1630 g/mol. The third-order valence-electron chi connectivity index (χ3n) is 24.6. The van der Waals surface area contributed by atoms with Gasteiger partial charge in [-0.2, -0.15) is 53.5 Å². The van der Waals surface area contributed by atoms with E-state index in [9.17, 15) is 21.6 Å². The van der Waals surface area contributed by atoms with E-state index in [-0.39, 0.29) is 23.9 Å². The number of carbonyl (C=O) groups is 1. The number of nitrogens with zero attached hydrogens (tertiary/aromatic N) is 16. The van der Waals surface area contributed by atoms with Gasteiger partial charge in [-0.05, 0) is 208 Å². The Hall–Kier alpha value is -11.8. The second kappa shape index (κ2) is 39.4. The fraction of sp³-hybridized carbons (Fsp3) is 0.444. The Bertz CT molecular complexity index is 6210. The van der Waals surface area contributed by atoms with Crippen molar-refractivity contribution in [2.75, 3.05) is 127 Å². The van der Waals surface area contributed by atoms with Crippen LogP contribution in [0.2, 0.25) is 0 Å².